The Morgan fingerprint density at radius 3 is 1.66 bits per heavy atom. The van der Waals surface area contributed by atoms with Gasteiger partial charge in [0.1, 0.15) is 11.9 Å². The van der Waals surface area contributed by atoms with Crippen molar-refractivity contribution in [2.45, 2.75) is 10.6 Å². The number of halogens is 2. The van der Waals surface area contributed by atoms with Gasteiger partial charge in [-0.1, -0.05) is 91.0 Å². The maximum atomic E-state index is 13.2. The van der Waals surface area contributed by atoms with Gasteiger partial charge in [0.15, 0.2) is 10.9 Å². The molecule has 1 unspecified atom stereocenters. The van der Waals surface area contributed by atoms with Crippen LogP contribution in [0.1, 0.15) is 22.5 Å². The number of alkyl halides is 2. The second-order valence-corrected chi connectivity index (χ2v) is 7.42. The summed E-state index contributed by atoms with van der Waals surface area (Å²) >= 11 is 2.87. The van der Waals surface area contributed by atoms with Crippen LogP contribution < -0.4 is 0 Å². The lowest BCUT2D eigenvalue weighted by molar-refractivity contribution is 0.458. The molecule has 3 nitrogen and oxygen atoms in total. The highest BCUT2D eigenvalue weighted by molar-refractivity contribution is 9.09. The molecule has 1 aromatic heterocycles. The molecule has 144 valence electrons. The molecule has 0 N–H and O–H groups in total. The highest BCUT2D eigenvalue weighted by Gasteiger charge is 2.39. The van der Waals surface area contributed by atoms with E-state index >= 15 is 0 Å². The number of hydrogen-bond acceptors (Lipinski definition) is 2. The van der Waals surface area contributed by atoms with Gasteiger partial charge in [-0.05, 0) is 44.8 Å². The van der Waals surface area contributed by atoms with E-state index in [9.17, 15) is 4.39 Å². The van der Waals surface area contributed by atoms with Gasteiger partial charge >= 0.3 is 0 Å². The SMILES string of the molecule is FC(Br)/C=C/c1ncn(C(c2ccccc2)(c2ccccc2)c2ccccc2)n1. The summed E-state index contributed by atoms with van der Waals surface area (Å²) in [6.07, 6.45) is 4.64. The van der Waals surface area contributed by atoms with Crippen molar-refractivity contribution in [2.24, 2.45) is 0 Å². The van der Waals surface area contributed by atoms with E-state index in [4.69, 9.17) is 5.10 Å². The van der Waals surface area contributed by atoms with Crippen LogP contribution in [0.25, 0.3) is 6.08 Å². The van der Waals surface area contributed by atoms with Crippen LogP contribution in [-0.4, -0.2) is 19.8 Å². The van der Waals surface area contributed by atoms with Crippen molar-refractivity contribution in [1.29, 1.82) is 0 Å². The summed E-state index contributed by atoms with van der Waals surface area (Å²) in [5.74, 6) is 0.444. The van der Waals surface area contributed by atoms with E-state index in [0.717, 1.165) is 16.7 Å². The van der Waals surface area contributed by atoms with Gasteiger partial charge in [0.05, 0.1) is 0 Å². The zero-order chi connectivity index (χ0) is 20.1. The molecule has 5 heteroatoms. The fourth-order valence-electron chi connectivity index (χ4n) is 3.61. The summed E-state index contributed by atoms with van der Waals surface area (Å²) < 4.78 is 15.0. The number of rotatable bonds is 6. The minimum atomic E-state index is -1.24. The molecule has 0 saturated heterocycles. The second kappa shape index (κ2) is 8.53. The molecule has 0 aliphatic carbocycles. The van der Waals surface area contributed by atoms with Gasteiger partial charge in [-0.3, -0.25) is 0 Å². The summed E-state index contributed by atoms with van der Waals surface area (Å²) in [4.78, 5) is 4.41. The fourth-order valence-corrected chi connectivity index (χ4v) is 3.76. The van der Waals surface area contributed by atoms with Gasteiger partial charge in [-0.2, -0.15) is 5.10 Å². The Bertz CT molecular complexity index is 980. The predicted molar refractivity (Wildman–Crippen MR) is 117 cm³/mol. The molecular weight excluding hydrogens is 429 g/mol. The third-order valence-corrected chi connectivity index (χ3v) is 5.12. The van der Waals surface area contributed by atoms with E-state index in [1.54, 1.807) is 12.4 Å². The van der Waals surface area contributed by atoms with Crippen molar-refractivity contribution >= 4 is 22.0 Å². The molecule has 0 aliphatic rings. The lowest BCUT2D eigenvalue weighted by Gasteiger charge is -2.35. The van der Waals surface area contributed by atoms with Crippen LogP contribution in [0.15, 0.2) is 103 Å². The maximum Gasteiger partial charge on any atom is 0.173 e. The van der Waals surface area contributed by atoms with Crippen LogP contribution in [0.4, 0.5) is 4.39 Å². The van der Waals surface area contributed by atoms with Crippen LogP contribution in [0, 0.1) is 0 Å². The van der Waals surface area contributed by atoms with Crippen LogP contribution in [0.2, 0.25) is 0 Å². The first-order valence-electron chi connectivity index (χ1n) is 9.26. The Morgan fingerprint density at radius 2 is 1.24 bits per heavy atom. The van der Waals surface area contributed by atoms with Crippen molar-refractivity contribution in [3.63, 3.8) is 0 Å². The van der Waals surface area contributed by atoms with Gasteiger partial charge in [0.25, 0.3) is 0 Å². The summed E-state index contributed by atoms with van der Waals surface area (Å²) in [5, 5.41) is 3.48. The fraction of sp³-hybridized carbons (Fsp3) is 0.0833. The lowest BCUT2D eigenvalue weighted by atomic mass is 9.77. The molecule has 1 atom stereocenters. The van der Waals surface area contributed by atoms with E-state index in [0.29, 0.717) is 5.82 Å². The number of benzene rings is 3. The Balaban J connectivity index is 2.01. The smallest absolute Gasteiger partial charge is 0.173 e. The zero-order valence-corrected chi connectivity index (χ0v) is 17.2. The quantitative estimate of drug-likeness (QED) is 0.275. The second-order valence-electron chi connectivity index (χ2n) is 6.55. The van der Waals surface area contributed by atoms with E-state index in [2.05, 4.69) is 57.3 Å². The summed E-state index contributed by atoms with van der Waals surface area (Å²) in [7, 11) is 0. The number of hydrogen-bond donors (Lipinski definition) is 0. The molecule has 0 radical (unpaired) electrons. The van der Waals surface area contributed by atoms with E-state index in [-0.39, 0.29) is 0 Å². The lowest BCUT2D eigenvalue weighted by Crippen LogP contribution is -2.38. The summed E-state index contributed by atoms with van der Waals surface area (Å²) in [6, 6.07) is 30.7. The minimum absolute atomic E-state index is 0.444. The van der Waals surface area contributed by atoms with Crippen molar-refractivity contribution < 1.29 is 4.39 Å². The Kier molecular flexibility index (Phi) is 5.67. The molecule has 0 bridgehead atoms. The molecule has 1 heterocycles. The Hall–Kier alpha value is -3.05. The van der Waals surface area contributed by atoms with Gasteiger partial charge in [-0.25, -0.2) is 14.1 Å². The van der Waals surface area contributed by atoms with Crippen molar-refractivity contribution in [1.82, 2.24) is 14.8 Å². The molecule has 0 fully saturated rings. The molecular formula is C24H19BrFN3. The maximum absolute atomic E-state index is 13.2. The van der Waals surface area contributed by atoms with Crippen LogP contribution in [0.3, 0.4) is 0 Å². The van der Waals surface area contributed by atoms with Crippen molar-refractivity contribution in [3.8, 4) is 0 Å². The molecule has 4 aromatic rings. The molecule has 4 rings (SSSR count). The first-order chi connectivity index (χ1) is 14.2. The van der Waals surface area contributed by atoms with Gasteiger partial charge in [-0.15, -0.1) is 0 Å². The van der Waals surface area contributed by atoms with Gasteiger partial charge < -0.3 is 0 Å². The highest BCUT2D eigenvalue weighted by Crippen LogP contribution is 2.40. The van der Waals surface area contributed by atoms with Crippen molar-refractivity contribution in [3.05, 3.63) is 126 Å². The van der Waals surface area contributed by atoms with Crippen LogP contribution in [-0.2, 0) is 5.54 Å². The monoisotopic (exact) mass is 447 g/mol. The molecule has 0 amide bonds. The van der Waals surface area contributed by atoms with Crippen molar-refractivity contribution in [2.75, 3.05) is 0 Å². The average Bonchev–Trinajstić information content (AvgIpc) is 3.24. The Morgan fingerprint density at radius 1 is 0.793 bits per heavy atom. The predicted octanol–water partition coefficient (Wildman–Crippen LogP) is 5.82. The first kappa shape index (κ1) is 19.3. The average molecular weight is 448 g/mol. The number of nitrogens with zero attached hydrogens (tertiary/aromatic N) is 3. The zero-order valence-electron chi connectivity index (χ0n) is 15.6. The van der Waals surface area contributed by atoms with E-state index < -0.39 is 10.6 Å². The largest absolute Gasteiger partial charge is 0.233 e. The molecule has 0 saturated carbocycles. The number of aromatic nitrogens is 3. The minimum Gasteiger partial charge on any atom is -0.233 e. The van der Waals surface area contributed by atoms with Gasteiger partial charge in [0, 0.05) is 0 Å². The standard InChI is InChI=1S/C24H19BrFN3/c25-22(26)16-17-23-27-18-29(28-23)24(19-10-4-1-5-11-19,20-12-6-2-7-13-20)21-14-8-3-9-15-21/h1-18,22H/b17-16+. The summed E-state index contributed by atoms with van der Waals surface area (Å²) in [6.45, 7) is 0. The Labute approximate surface area is 177 Å². The molecule has 0 aliphatic heterocycles. The van der Waals surface area contributed by atoms with E-state index in [1.165, 1.54) is 6.08 Å². The normalized spacial score (nSPS) is 12.9. The van der Waals surface area contributed by atoms with E-state index in [1.807, 2.05) is 59.3 Å². The summed E-state index contributed by atoms with van der Waals surface area (Å²) in [5.41, 5.74) is 2.46. The highest BCUT2D eigenvalue weighted by atomic mass is 79.9. The van der Waals surface area contributed by atoms with Crippen LogP contribution >= 0.6 is 15.9 Å². The number of allylic oxidation sites excluding steroid dienone is 1. The van der Waals surface area contributed by atoms with Crippen LogP contribution in [0.5, 0.6) is 0 Å². The third kappa shape index (κ3) is 3.78. The molecule has 29 heavy (non-hydrogen) atoms. The molecule has 3 aromatic carbocycles. The molecule has 0 spiro atoms. The third-order valence-electron chi connectivity index (χ3n) is 4.82. The van der Waals surface area contributed by atoms with Gasteiger partial charge in [0.2, 0.25) is 0 Å². The first-order valence-corrected chi connectivity index (χ1v) is 10.2. The topological polar surface area (TPSA) is 30.7 Å².